The Bertz CT molecular complexity index is 935. The number of thiazole rings is 1. The predicted molar refractivity (Wildman–Crippen MR) is 97.8 cm³/mol. The van der Waals surface area contributed by atoms with Gasteiger partial charge in [0.25, 0.3) is 0 Å². The number of hydrogen-bond acceptors (Lipinski definition) is 7. The van der Waals surface area contributed by atoms with Crippen molar-refractivity contribution in [2.75, 3.05) is 10.6 Å². The van der Waals surface area contributed by atoms with E-state index in [1.54, 1.807) is 12.1 Å². The Kier molecular flexibility index (Phi) is 5.29. The minimum absolute atomic E-state index is 0.0981. The second kappa shape index (κ2) is 7.63. The van der Waals surface area contributed by atoms with E-state index in [-0.39, 0.29) is 21.8 Å². The summed E-state index contributed by atoms with van der Waals surface area (Å²) in [7, 11) is 0. The van der Waals surface area contributed by atoms with E-state index in [9.17, 15) is 9.18 Å². The number of nitrogens with zero attached hydrogens (tertiary/aromatic N) is 3. The van der Waals surface area contributed by atoms with Crippen molar-refractivity contribution in [2.45, 2.75) is 13.0 Å². The van der Waals surface area contributed by atoms with Crippen molar-refractivity contribution >= 4 is 45.8 Å². The molecule has 10 heteroatoms. The van der Waals surface area contributed by atoms with Crippen LogP contribution in [-0.2, 0) is 0 Å². The lowest BCUT2D eigenvalue weighted by Gasteiger charge is -2.15. The van der Waals surface area contributed by atoms with Crippen molar-refractivity contribution in [1.29, 1.82) is 0 Å². The average Bonchev–Trinajstić information content (AvgIpc) is 3.07. The molecule has 3 N–H and O–H groups in total. The first-order valence-corrected chi connectivity index (χ1v) is 8.62. The highest BCUT2D eigenvalue weighted by Gasteiger charge is 2.13. The largest absolute Gasteiger partial charge is 0.477 e. The lowest BCUT2D eigenvalue weighted by Crippen LogP contribution is -2.10. The molecule has 0 aliphatic heterocycles. The third-order valence-electron chi connectivity index (χ3n) is 3.40. The summed E-state index contributed by atoms with van der Waals surface area (Å²) in [6, 6.07) is 5.94. The maximum Gasteiger partial charge on any atom is 0.347 e. The van der Waals surface area contributed by atoms with E-state index in [2.05, 4.69) is 25.6 Å². The number of anilines is 3. The lowest BCUT2D eigenvalue weighted by molar-refractivity contribution is 0.0702. The molecule has 1 atom stereocenters. The molecule has 2 aromatic heterocycles. The quantitative estimate of drug-likeness (QED) is 0.572. The van der Waals surface area contributed by atoms with Gasteiger partial charge in [-0.25, -0.2) is 19.2 Å². The van der Waals surface area contributed by atoms with Crippen molar-refractivity contribution < 1.29 is 14.3 Å². The Labute approximate surface area is 156 Å². The number of halogens is 2. The second-order valence-corrected chi connectivity index (χ2v) is 6.71. The fraction of sp³-hybridized carbons (Fsp3) is 0.125. The zero-order valence-corrected chi connectivity index (χ0v) is 15.0. The van der Waals surface area contributed by atoms with E-state index >= 15 is 0 Å². The van der Waals surface area contributed by atoms with Gasteiger partial charge in [0.05, 0.1) is 18.4 Å². The highest BCUT2D eigenvalue weighted by atomic mass is 35.5. The molecule has 0 saturated heterocycles. The van der Waals surface area contributed by atoms with Crippen LogP contribution in [0.15, 0.2) is 36.7 Å². The molecular weight excluding hydrogens is 381 g/mol. The van der Waals surface area contributed by atoms with Crippen molar-refractivity contribution in [3.8, 4) is 0 Å². The minimum atomic E-state index is -1.06. The number of carbonyl (C=O) groups is 1. The molecule has 7 nitrogen and oxygen atoms in total. The van der Waals surface area contributed by atoms with Crippen LogP contribution in [0.2, 0.25) is 5.02 Å². The van der Waals surface area contributed by atoms with Crippen molar-refractivity contribution in [3.63, 3.8) is 0 Å². The molecular formula is C16H13ClFN5O2S. The van der Waals surface area contributed by atoms with Crippen LogP contribution >= 0.6 is 22.9 Å². The van der Waals surface area contributed by atoms with E-state index in [1.807, 2.05) is 6.92 Å². The molecule has 0 bridgehead atoms. The molecule has 0 saturated carbocycles. The predicted octanol–water partition coefficient (Wildman–Crippen LogP) is 4.34. The summed E-state index contributed by atoms with van der Waals surface area (Å²) < 4.78 is 13.0. The molecule has 3 aromatic rings. The van der Waals surface area contributed by atoms with Crippen LogP contribution in [0.25, 0.3) is 0 Å². The number of rotatable bonds is 6. The first-order valence-electron chi connectivity index (χ1n) is 7.43. The molecule has 0 amide bonds. The Morgan fingerprint density at radius 2 is 2.00 bits per heavy atom. The lowest BCUT2D eigenvalue weighted by atomic mass is 10.1. The topological polar surface area (TPSA) is 100 Å². The third-order valence-corrected chi connectivity index (χ3v) is 4.58. The van der Waals surface area contributed by atoms with Gasteiger partial charge in [0.2, 0.25) is 5.95 Å². The molecule has 134 valence electrons. The van der Waals surface area contributed by atoms with Gasteiger partial charge < -0.3 is 15.7 Å². The van der Waals surface area contributed by atoms with Crippen LogP contribution in [0.1, 0.15) is 28.2 Å². The van der Waals surface area contributed by atoms with Gasteiger partial charge in [-0.3, -0.25) is 0 Å². The SMILES string of the molecule is C[C@H](Nc1ncc(Cl)c(Nc2ncc(C(=O)O)s2)n1)c1ccc(F)cc1. The zero-order chi connectivity index (χ0) is 18.7. The molecule has 0 fully saturated rings. The van der Waals surface area contributed by atoms with Crippen LogP contribution in [0, 0.1) is 5.82 Å². The second-order valence-electron chi connectivity index (χ2n) is 5.27. The Morgan fingerprint density at radius 3 is 2.65 bits per heavy atom. The first-order chi connectivity index (χ1) is 12.4. The number of aromatic carboxylic acids is 1. The fourth-order valence-corrected chi connectivity index (χ4v) is 2.88. The maximum absolute atomic E-state index is 13.0. The molecule has 0 radical (unpaired) electrons. The Morgan fingerprint density at radius 1 is 1.27 bits per heavy atom. The van der Waals surface area contributed by atoms with Gasteiger partial charge in [0.1, 0.15) is 15.7 Å². The summed E-state index contributed by atoms with van der Waals surface area (Å²) in [5.41, 5.74) is 0.866. The molecule has 2 heterocycles. The van der Waals surface area contributed by atoms with Crippen molar-refractivity contribution in [3.05, 3.63) is 57.9 Å². The molecule has 1 aromatic carbocycles. The van der Waals surface area contributed by atoms with Gasteiger partial charge >= 0.3 is 5.97 Å². The van der Waals surface area contributed by atoms with Gasteiger partial charge in [0, 0.05) is 0 Å². The highest BCUT2D eigenvalue weighted by Crippen LogP contribution is 2.27. The highest BCUT2D eigenvalue weighted by molar-refractivity contribution is 7.17. The van der Waals surface area contributed by atoms with Gasteiger partial charge in [-0.05, 0) is 24.6 Å². The standard InChI is InChI=1S/C16H13ClFN5O2S/c1-8(9-2-4-10(18)5-3-9)21-15-19-6-11(17)13(22-15)23-16-20-7-12(26-16)14(24)25/h2-8H,1H3,(H,24,25)(H2,19,20,21,22,23)/t8-/m0/s1. The van der Waals surface area contributed by atoms with Crippen molar-refractivity contribution in [1.82, 2.24) is 15.0 Å². The monoisotopic (exact) mass is 393 g/mol. The summed E-state index contributed by atoms with van der Waals surface area (Å²) in [4.78, 5) is 23.4. The summed E-state index contributed by atoms with van der Waals surface area (Å²) in [6.07, 6.45) is 2.67. The number of carboxylic acids is 1. The molecule has 0 spiro atoms. The summed E-state index contributed by atoms with van der Waals surface area (Å²) in [5.74, 6) is -0.760. The Hall–Kier alpha value is -2.78. The minimum Gasteiger partial charge on any atom is -0.477 e. The first kappa shape index (κ1) is 18.0. The summed E-state index contributed by atoms with van der Waals surface area (Å²) in [6.45, 7) is 1.89. The van der Waals surface area contributed by atoms with Gasteiger partial charge in [0.15, 0.2) is 10.9 Å². The molecule has 3 rings (SSSR count). The number of aromatic nitrogens is 3. The van der Waals surface area contributed by atoms with Crippen LogP contribution in [0.5, 0.6) is 0 Å². The fourth-order valence-electron chi connectivity index (χ4n) is 2.08. The van der Waals surface area contributed by atoms with Crippen LogP contribution < -0.4 is 10.6 Å². The Balaban J connectivity index is 1.76. The molecule has 0 aliphatic rings. The number of benzene rings is 1. The van der Waals surface area contributed by atoms with Crippen LogP contribution in [-0.4, -0.2) is 26.0 Å². The van der Waals surface area contributed by atoms with Gasteiger partial charge in [-0.1, -0.05) is 35.1 Å². The average molecular weight is 394 g/mol. The van der Waals surface area contributed by atoms with Gasteiger partial charge in [-0.15, -0.1) is 0 Å². The van der Waals surface area contributed by atoms with Crippen LogP contribution in [0.3, 0.4) is 0 Å². The maximum atomic E-state index is 13.0. The van der Waals surface area contributed by atoms with E-state index in [4.69, 9.17) is 16.7 Å². The molecule has 0 aliphatic carbocycles. The number of nitrogens with one attached hydrogen (secondary N) is 2. The molecule has 26 heavy (non-hydrogen) atoms. The van der Waals surface area contributed by atoms with E-state index in [0.29, 0.717) is 16.9 Å². The van der Waals surface area contributed by atoms with Gasteiger partial charge in [-0.2, -0.15) is 4.98 Å². The summed E-state index contributed by atoms with van der Waals surface area (Å²) in [5, 5.41) is 15.5. The van der Waals surface area contributed by atoms with E-state index < -0.39 is 5.97 Å². The molecule has 0 unspecified atom stereocenters. The zero-order valence-electron chi connectivity index (χ0n) is 13.4. The van der Waals surface area contributed by atoms with Crippen LogP contribution in [0.4, 0.5) is 21.3 Å². The summed E-state index contributed by atoms with van der Waals surface area (Å²) >= 11 is 7.06. The smallest absolute Gasteiger partial charge is 0.347 e. The number of hydrogen-bond donors (Lipinski definition) is 3. The van der Waals surface area contributed by atoms with E-state index in [0.717, 1.165) is 16.9 Å². The van der Waals surface area contributed by atoms with E-state index in [1.165, 1.54) is 24.5 Å². The number of carboxylic acid groups (broad SMARTS) is 1. The normalized spacial score (nSPS) is 11.8. The van der Waals surface area contributed by atoms with Crippen molar-refractivity contribution in [2.24, 2.45) is 0 Å². The third kappa shape index (κ3) is 4.24.